The third kappa shape index (κ3) is 5.91. The van der Waals surface area contributed by atoms with Gasteiger partial charge in [0, 0.05) is 12.2 Å². The summed E-state index contributed by atoms with van der Waals surface area (Å²) in [4.78, 5) is 24.2. The van der Waals surface area contributed by atoms with Crippen molar-refractivity contribution in [3.63, 3.8) is 0 Å². The second-order valence-corrected chi connectivity index (χ2v) is 6.71. The second-order valence-electron chi connectivity index (χ2n) is 6.35. The van der Waals surface area contributed by atoms with Gasteiger partial charge in [0.05, 0.1) is 5.69 Å². The number of aryl methyl sites for hydroxylation is 1. The van der Waals surface area contributed by atoms with Crippen molar-refractivity contribution >= 4 is 29.2 Å². The van der Waals surface area contributed by atoms with Crippen molar-refractivity contribution in [3.8, 4) is 5.75 Å². The Bertz CT molecular complexity index is 838. The van der Waals surface area contributed by atoms with Gasteiger partial charge in [-0.05, 0) is 37.1 Å². The van der Waals surface area contributed by atoms with Gasteiger partial charge in [0.25, 0.3) is 5.91 Å². The molecular formula is C18H20ClF2N3O4. The summed E-state index contributed by atoms with van der Waals surface area (Å²) in [6.07, 6.45) is 0. The molecule has 2 rings (SSSR count). The number of esters is 1. The minimum Gasteiger partial charge on any atom is -0.452 e. The van der Waals surface area contributed by atoms with Crippen LogP contribution < -0.4 is 10.1 Å². The van der Waals surface area contributed by atoms with Crippen LogP contribution in [0.1, 0.15) is 29.9 Å². The molecule has 0 spiro atoms. The van der Waals surface area contributed by atoms with Crippen molar-refractivity contribution in [2.24, 2.45) is 5.92 Å². The smallest absolute Gasteiger partial charge is 0.387 e. The third-order valence-corrected chi connectivity index (χ3v) is 3.89. The van der Waals surface area contributed by atoms with Crippen LogP contribution in [0.4, 0.5) is 14.5 Å². The molecule has 10 heteroatoms. The Labute approximate surface area is 165 Å². The number of nitrogens with one attached hydrogen (secondary N) is 1. The lowest BCUT2D eigenvalue weighted by Gasteiger charge is -2.08. The molecule has 0 atom stereocenters. The molecule has 0 fully saturated rings. The molecule has 0 radical (unpaired) electrons. The Kier molecular flexibility index (Phi) is 7.33. The van der Waals surface area contributed by atoms with E-state index in [0.29, 0.717) is 17.9 Å². The van der Waals surface area contributed by atoms with E-state index in [4.69, 9.17) is 16.3 Å². The molecular weight excluding hydrogens is 396 g/mol. The third-order valence-electron chi connectivity index (χ3n) is 3.51. The van der Waals surface area contributed by atoms with Gasteiger partial charge in [-0.3, -0.25) is 9.48 Å². The lowest BCUT2D eigenvalue weighted by molar-refractivity contribution is -0.119. The zero-order valence-electron chi connectivity index (χ0n) is 15.5. The van der Waals surface area contributed by atoms with Crippen molar-refractivity contribution in [2.75, 3.05) is 11.9 Å². The highest BCUT2D eigenvalue weighted by Crippen LogP contribution is 2.22. The summed E-state index contributed by atoms with van der Waals surface area (Å²) >= 11 is 6.20. The maximum atomic E-state index is 12.3. The van der Waals surface area contributed by atoms with E-state index in [1.54, 1.807) is 6.92 Å². The lowest BCUT2D eigenvalue weighted by atomic mass is 10.2. The van der Waals surface area contributed by atoms with Crippen LogP contribution in [0.5, 0.6) is 5.75 Å². The Morgan fingerprint density at radius 1 is 1.25 bits per heavy atom. The number of carbonyl (C=O) groups is 2. The minimum atomic E-state index is -2.93. The van der Waals surface area contributed by atoms with Crippen molar-refractivity contribution < 1.29 is 27.8 Å². The summed E-state index contributed by atoms with van der Waals surface area (Å²) in [6.45, 7) is 2.67. The zero-order chi connectivity index (χ0) is 20.8. The van der Waals surface area contributed by atoms with Crippen LogP contribution >= 0.6 is 11.6 Å². The van der Waals surface area contributed by atoms with E-state index in [-0.39, 0.29) is 22.4 Å². The molecule has 1 amide bonds. The number of rotatable bonds is 8. The normalized spacial score (nSPS) is 11.0. The summed E-state index contributed by atoms with van der Waals surface area (Å²) in [6, 6.07) is 5.32. The van der Waals surface area contributed by atoms with E-state index in [1.165, 1.54) is 28.9 Å². The molecule has 0 aliphatic heterocycles. The number of hydrogen-bond donors (Lipinski definition) is 1. The molecule has 0 aliphatic rings. The van der Waals surface area contributed by atoms with Crippen molar-refractivity contribution in [2.45, 2.75) is 33.9 Å². The maximum absolute atomic E-state index is 12.3. The van der Waals surface area contributed by atoms with E-state index < -0.39 is 25.1 Å². The van der Waals surface area contributed by atoms with Crippen molar-refractivity contribution in [3.05, 3.63) is 40.7 Å². The lowest BCUT2D eigenvalue weighted by Crippen LogP contribution is -2.21. The van der Waals surface area contributed by atoms with Crippen LogP contribution in [0.3, 0.4) is 0 Å². The molecule has 2 aromatic rings. The molecule has 7 nitrogen and oxygen atoms in total. The van der Waals surface area contributed by atoms with E-state index in [0.717, 1.165) is 0 Å². The van der Waals surface area contributed by atoms with Gasteiger partial charge in [-0.25, -0.2) is 4.79 Å². The molecule has 0 bridgehead atoms. The number of anilines is 1. The van der Waals surface area contributed by atoms with Crippen molar-refractivity contribution in [1.82, 2.24) is 9.78 Å². The summed E-state index contributed by atoms with van der Waals surface area (Å²) in [5.74, 6) is -1.11. The predicted octanol–water partition coefficient (Wildman–Crippen LogP) is 3.90. The first-order valence-electron chi connectivity index (χ1n) is 8.42. The number of carbonyl (C=O) groups excluding carboxylic acids is 2. The van der Waals surface area contributed by atoms with Gasteiger partial charge in [-0.2, -0.15) is 13.9 Å². The first-order chi connectivity index (χ1) is 13.2. The van der Waals surface area contributed by atoms with Crippen LogP contribution in [-0.2, 0) is 16.1 Å². The van der Waals surface area contributed by atoms with E-state index in [9.17, 15) is 18.4 Å². The van der Waals surface area contributed by atoms with Crippen LogP contribution in [-0.4, -0.2) is 34.9 Å². The molecule has 152 valence electrons. The van der Waals surface area contributed by atoms with Gasteiger partial charge in [0.15, 0.2) is 6.61 Å². The van der Waals surface area contributed by atoms with Crippen LogP contribution in [0.15, 0.2) is 24.3 Å². The quantitative estimate of drug-likeness (QED) is 0.661. The highest BCUT2D eigenvalue weighted by Gasteiger charge is 2.22. The largest absolute Gasteiger partial charge is 0.452 e. The average Bonchev–Trinajstić information content (AvgIpc) is 2.87. The Hall–Kier alpha value is -2.68. The minimum absolute atomic E-state index is 0.0389. The van der Waals surface area contributed by atoms with E-state index in [2.05, 4.69) is 15.2 Å². The summed E-state index contributed by atoms with van der Waals surface area (Å²) in [7, 11) is 0. The second kappa shape index (κ2) is 9.50. The van der Waals surface area contributed by atoms with Crippen molar-refractivity contribution in [1.29, 1.82) is 0 Å². The van der Waals surface area contributed by atoms with Gasteiger partial charge < -0.3 is 14.8 Å². The maximum Gasteiger partial charge on any atom is 0.387 e. The molecule has 1 aromatic carbocycles. The highest BCUT2D eigenvalue weighted by molar-refractivity contribution is 6.32. The monoisotopic (exact) mass is 415 g/mol. The zero-order valence-corrected chi connectivity index (χ0v) is 16.3. The van der Waals surface area contributed by atoms with E-state index >= 15 is 0 Å². The topological polar surface area (TPSA) is 82.5 Å². The molecule has 28 heavy (non-hydrogen) atoms. The van der Waals surface area contributed by atoms with Gasteiger partial charge >= 0.3 is 12.6 Å². The number of amides is 1. The van der Waals surface area contributed by atoms with Crippen LogP contribution in [0, 0.1) is 12.8 Å². The number of halogens is 3. The summed E-state index contributed by atoms with van der Waals surface area (Å²) in [5, 5.41) is 6.85. The van der Waals surface area contributed by atoms with Gasteiger partial charge in [0.2, 0.25) is 0 Å². The SMILES string of the molecule is Cc1nn(CC(C)C)c(Cl)c1C(=O)OCC(=O)Nc1ccc(OC(F)F)cc1. The molecule has 0 saturated carbocycles. The molecule has 0 saturated heterocycles. The fourth-order valence-corrected chi connectivity index (χ4v) is 2.69. The van der Waals surface area contributed by atoms with Gasteiger partial charge in [0.1, 0.15) is 16.5 Å². The molecule has 1 heterocycles. The Morgan fingerprint density at radius 2 is 1.89 bits per heavy atom. The average molecular weight is 416 g/mol. The highest BCUT2D eigenvalue weighted by atomic mass is 35.5. The number of ether oxygens (including phenoxy) is 2. The molecule has 0 aliphatic carbocycles. The van der Waals surface area contributed by atoms with Gasteiger partial charge in [-0.1, -0.05) is 25.4 Å². The fraction of sp³-hybridized carbons (Fsp3) is 0.389. The Balaban J connectivity index is 1.92. The first-order valence-corrected chi connectivity index (χ1v) is 8.80. The summed E-state index contributed by atoms with van der Waals surface area (Å²) < 4.78 is 35.0. The first kappa shape index (κ1) is 21.6. The van der Waals surface area contributed by atoms with Gasteiger partial charge in [-0.15, -0.1) is 0 Å². The van der Waals surface area contributed by atoms with Crippen LogP contribution in [0.25, 0.3) is 0 Å². The number of hydrogen-bond acceptors (Lipinski definition) is 5. The number of nitrogens with zero attached hydrogens (tertiary/aromatic N) is 2. The molecule has 0 unspecified atom stereocenters. The predicted molar refractivity (Wildman–Crippen MR) is 98.8 cm³/mol. The standard InChI is InChI=1S/C18H20ClF2N3O4/c1-10(2)8-24-16(19)15(11(3)23-24)17(26)27-9-14(25)22-12-4-6-13(7-5-12)28-18(20)21/h4-7,10,18H,8-9H2,1-3H3,(H,22,25). The summed E-state index contributed by atoms with van der Waals surface area (Å²) in [5.41, 5.74) is 0.857. The van der Waals surface area contributed by atoms with Crippen LogP contribution in [0.2, 0.25) is 5.15 Å². The molecule has 1 aromatic heterocycles. The number of aromatic nitrogens is 2. The number of benzene rings is 1. The Morgan fingerprint density at radius 3 is 2.46 bits per heavy atom. The van der Waals surface area contributed by atoms with E-state index in [1.807, 2.05) is 13.8 Å². The fourth-order valence-electron chi connectivity index (χ4n) is 2.37. The number of alkyl halides is 2. The molecule has 1 N–H and O–H groups in total.